The molecular formula is C30H47N5O7. The predicted octanol–water partition coefficient (Wildman–Crippen LogP) is 1.16. The van der Waals surface area contributed by atoms with Gasteiger partial charge < -0.3 is 36.4 Å². The fraction of sp³-hybridized carbons (Fsp3) is 0.633. The van der Waals surface area contributed by atoms with E-state index in [0.29, 0.717) is 0 Å². The van der Waals surface area contributed by atoms with Crippen molar-refractivity contribution in [1.29, 1.82) is 0 Å². The van der Waals surface area contributed by atoms with Crippen LogP contribution in [0.25, 0.3) is 0 Å². The number of aliphatic hydroxyl groups excluding tert-OH is 1. The number of amides is 5. The summed E-state index contributed by atoms with van der Waals surface area (Å²) in [6, 6.07) is 5.26. The van der Waals surface area contributed by atoms with Crippen LogP contribution in [-0.4, -0.2) is 77.2 Å². The van der Waals surface area contributed by atoms with Crippen molar-refractivity contribution < 1.29 is 33.8 Å². The molecule has 1 aromatic carbocycles. The van der Waals surface area contributed by atoms with Crippen molar-refractivity contribution >= 4 is 29.7 Å². The number of carbonyl (C=O) groups excluding carboxylic acids is 5. The van der Waals surface area contributed by atoms with E-state index in [4.69, 9.17) is 4.74 Å². The Hall–Kier alpha value is -3.67. The molecule has 42 heavy (non-hydrogen) atoms. The van der Waals surface area contributed by atoms with Crippen molar-refractivity contribution in [3.63, 3.8) is 0 Å². The van der Waals surface area contributed by atoms with Crippen LogP contribution in [0.15, 0.2) is 30.3 Å². The highest BCUT2D eigenvalue weighted by molar-refractivity contribution is 5.94. The topological polar surface area (TPSA) is 175 Å². The molecule has 0 spiro atoms. The second-order valence-electron chi connectivity index (χ2n) is 12.5. The molecule has 1 aromatic rings. The molecule has 12 nitrogen and oxygen atoms in total. The summed E-state index contributed by atoms with van der Waals surface area (Å²) < 4.78 is 5.30. The standard InChI is InChI=1S/C30H47N5O7/c1-17(2)13-21(34-28(40)25(18(3)4)35-29(41)42-30(5,6)7)26(38)33-22(14-19-11-9-8-10-12-19)27(39)32-20-15-24(37)31-16-23(20)36/h8-12,17-18,20-23,25,36H,13-16H2,1-7H3,(H,31,37)(H,32,39)(H,33,38)(H,34,40)(H,35,41)/t20-,21-,22-,23?,25-/m0/s1. The first-order valence-corrected chi connectivity index (χ1v) is 14.4. The number of ether oxygens (including phenoxy) is 1. The van der Waals surface area contributed by atoms with Gasteiger partial charge in [0.2, 0.25) is 23.6 Å². The summed E-state index contributed by atoms with van der Waals surface area (Å²) in [4.78, 5) is 64.6. The van der Waals surface area contributed by atoms with E-state index >= 15 is 0 Å². The van der Waals surface area contributed by atoms with Gasteiger partial charge in [0, 0.05) is 19.4 Å². The summed E-state index contributed by atoms with van der Waals surface area (Å²) >= 11 is 0. The Bertz CT molecular complexity index is 1090. The highest BCUT2D eigenvalue weighted by atomic mass is 16.6. The van der Waals surface area contributed by atoms with Crippen LogP contribution in [0.5, 0.6) is 0 Å². The minimum atomic E-state index is -1.05. The van der Waals surface area contributed by atoms with Crippen LogP contribution < -0.4 is 26.6 Å². The first-order valence-electron chi connectivity index (χ1n) is 14.4. The number of nitrogens with one attached hydrogen (secondary N) is 5. The van der Waals surface area contributed by atoms with Gasteiger partial charge in [-0.1, -0.05) is 58.0 Å². The van der Waals surface area contributed by atoms with Gasteiger partial charge in [-0.3, -0.25) is 19.2 Å². The van der Waals surface area contributed by atoms with Gasteiger partial charge in [0.1, 0.15) is 23.7 Å². The SMILES string of the molecule is CC(C)C[C@H](NC(=O)[C@@H](NC(=O)OC(C)(C)C)C(C)C)C(=O)N[C@@H](Cc1ccccc1)C(=O)N[C@H]1CC(=O)NCC1O. The van der Waals surface area contributed by atoms with Gasteiger partial charge in [0.05, 0.1) is 12.1 Å². The molecule has 5 atom stereocenters. The molecule has 1 aliphatic heterocycles. The fourth-order valence-corrected chi connectivity index (χ4v) is 4.46. The smallest absolute Gasteiger partial charge is 0.408 e. The number of rotatable bonds is 12. The number of carbonyl (C=O) groups is 5. The maximum absolute atomic E-state index is 13.6. The van der Waals surface area contributed by atoms with E-state index in [1.807, 2.05) is 44.2 Å². The second kappa shape index (κ2) is 15.5. The minimum Gasteiger partial charge on any atom is -0.444 e. The zero-order valence-electron chi connectivity index (χ0n) is 25.7. The van der Waals surface area contributed by atoms with E-state index in [-0.39, 0.29) is 43.6 Å². The van der Waals surface area contributed by atoms with Crippen molar-refractivity contribution in [3.8, 4) is 0 Å². The predicted molar refractivity (Wildman–Crippen MR) is 157 cm³/mol. The second-order valence-corrected chi connectivity index (χ2v) is 12.5. The Morgan fingerprint density at radius 2 is 1.57 bits per heavy atom. The Morgan fingerprint density at radius 1 is 0.952 bits per heavy atom. The van der Waals surface area contributed by atoms with Crippen LogP contribution in [0.4, 0.5) is 4.79 Å². The molecule has 0 saturated carbocycles. The van der Waals surface area contributed by atoms with Gasteiger partial charge in [-0.25, -0.2) is 4.79 Å². The van der Waals surface area contributed by atoms with Crippen LogP contribution >= 0.6 is 0 Å². The Kier molecular flexibility index (Phi) is 12.8. The van der Waals surface area contributed by atoms with E-state index in [1.54, 1.807) is 34.6 Å². The van der Waals surface area contributed by atoms with E-state index in [2.05, 4.69) is 26.6 Å². The van der Waals surface area contributed by atoms with Crippen LogP contribution in [0, 0.1) is 11.8 Å². The Labute approximate surface area is 248 Å². The van der Waals surface area contributed by atoms with Gasteiger partial charge in [-0.05, 0) is 44.6 Å². The molecule has 12 heteroatoms. The Balaban J connectivity index is 2.23. The summed E-state index contributed by atoms with van der Waals surface area (Å²) in [6.45, 7) is 12.5. The number of hydrogen-bond donors (Lipinski definition) is 6. The molecule has 6 N–H and O–H groups in total. The number of hydrogen-bond acceptors (Lipinski definition) is 7. The molecule has 234 valence electrons. The monoisotopic (exact) mass is 589 g/mol. The van der Waals surface area contributed by atoms with Gasteiger partial charge in [0.25, 0.3) is 0 Å². The lowest BCUT2D eigenvalue weighted by atomic mass is 9.98. The molecular weight excluding hydrogens is 542 g/mol. The lowest BCUT2D eigenvalue weighted by molar-refractivity contribution is -0.134. The number of benzene rings is 1. The van der Waals surface area contributed by atoms with Crippen molar-refractivity contribution in [2.24, 2.45) is 11.8 Å². The molecule has 2 rings (SSSR count). The van der Waals surface area contributed by atoms with Crippen molar-refractivity contribution in [1.82, 2.24) is 26.6 Å². The minimum absolute atomic E-state index is 0.00895. The molecule has 5 amide bonds. The summed E-state index contributed by atoms with van der Waals surface area (Å²) in [5.41, 5.74) is 0.0271. The van der Waals surface area contributed by atoms with E-state index in [0.717, 1.165) is 5.56 Å². The molecule has 0 aliphatic carbocycles. The largest absolute Gasteiger partial charge is 0.444 e. The summed E-state index contributed by atoms with van der Waals surface area (Å²) in [7, 11) is 0. The van der Waals surface area contributed by atoms with Crippen molar-refractivity contribution in [2.75, 3.05) is 6.54 Å². The van der Waals surface area contributed by atoms with Crippen LogP contribution in [0.3, 0.4) is 0 Å². The number of piperidine rings is 1. The molecule has 1 aliphatic rings. The Morgan fingerprint density at radius 3 is 2.14 bits per heavy atom. The molecule has 1 fully saturated rings. The molecule has 1 heterocycles. The molecule has 1 unspecified atom stereocenters. The van der Waals surface area contributed by atoms with E-state index < -0.39 is 59.7 Å². The number of β-amino-alcohol motifs (C(OH)–C–C–N with tert-alkyl or cyclic N) is 1. The average Bonchev–Trinajstić information content (AvgIpc) is 2.87. The van der Waals surface area contributed by atoms with Gasteiger partial charge in [0.15, 0.2) is 0 Å². The van der Waals surface area contributed by atoms with E-state index in [9.17, 15) is 29.1 Å². The third-order valence-electron chi connectivity index (χ3n) is 6.58. The highest BCUT2D eigenvalue weighted by Crippen LogP contribution is 2.13. The maximum atomic E-state index is 13.6. The van der Waals surface area contributed by atoms with Crippen molar-refractivity contribution in [3.05, 3.63) is 35.9 Å². The average molecular weight is 590 g/mol. The third-order valence-corrected chi connectivity index (χ3v) is 6.58. The molecule has 0 bridgehead atoms. The van der Waals surface area contributed by atoms with Gasteiger partial charge in [-0.15, -0.1) is 0 Å². The summed E-state index contributed by atoms with van der Waals surface area (Å²) in [5.74, 6) is -2.29. The molecule has 0 radical (unpaired) electrons. The first-order chi connectivity index (χ1) is 19.6. The summed E-state index contributed by atoms with van der Waals surface area (Å²) in [5, 5.41) is 23.7. The summed E-state index contributed by atoms with van der Waals surface area (Å²) in [6.07, 6.45) is -1.40. The fourth-order valence-electron chi connectivity index (χ4n) is 4.46. The lowest BCUT2D eigenvalue weighted by Gasteiger charge is -2.31. The maximum Gasteiger partial charge on any atom is 0.408 e. The van der Waals surface area contributed by atoms with Crippen molar-refractivity contribution in [2.45, 2.75) is 104 Å². The zero-order valence-corrected chi connectivity index (χ0v) is 25.7. The number of aliphatic hydroxyl groups is 1. The van der Waals surface area contributed by atoms with Crippen LogP contribution in [0.2, 0.25) is 0 Å². The first kappa shape index (κ1) is 34.5. The lowest BCUT2D eigenvalue weighted by Crippen LogP contribution is -2.61. The quantitative estimate of drug-likeness (QED) is 0.212. The third kappa shape index (κ3) is 11.7. The van der Waals surface area contributed by atoms with Crippen LogP contribution in [0.1, 0.15) is 66.9 Å². The zero-order chi connectivity index (χ0) is 31.6. The highest BCUT2D eigenvalue weighted by Gasteiger charge is 2.34. The molecule has 0 aromatic heterocycles. The molecule has 1 saturated heterocycles. The normalized spacial score (nSPS) is 19.2. The van der Waals surface area contributed by atoms with Gasteiger partial charge >= 0.3 is 6.09 Å². The number of alkyl carbamates (subject to hydrolysis) is 1. The van der Waals surface area contributed by atoms with Gasteiger partial charge in [-0.2, -0.15) is 0 Å². The van der Waals surface area contributed by atoms with Crippen LogP contribution in [-0.2, 0) is 30.3 Å². The van der Waals surface area contributed by atoms with E-state index in [1.165, 1.54) is 0 Å².